The standard InChI is InChI=1S/C10H8ClNO/c11-8-5-7(12)4-6-2-1-3-9(13)10(6)8/h1-5,13H,12H2. The molecule has 2 aromatic rings. The van der Waals surface area contributed by atoms with Gasteiger partial charge >= 0.3 is 0 Å². The number of hydrogen-bond acceptors (Lipinski definition) is 2. The average Bonchev–Trinajstić information content (AvgIpc) is 2.02. The number of anilines is 1. The number of nitrogens with two attached hydrogens (primary N) is 1. The molecule has 0 spiro atoms. The quantitative estimate of drug-likeness (QED) is 0.632. The van der Waals surface area contributed by atoms with Crippen LogP contribution in [0.15, 0.2) is 30.3 Å². The molecule has 0 amide bonds. The summed E-state index contributed by atoms with van der Waals surface area (Å²) < 4.78 is 0. The molecule has 0 aliphatic heterocycles. The number of aromatic hydroxyl groups is 1. The summed E-state index contributed by atoms with van der Waals surface area (Å²) >= 11 is 5.93. The van der Waals surface area contributed by atoms with Gasteiger partial charge in [-0.15, -0.1) is 0 Å². The second-order valence-corrected chi connectivity index (χ2v) is 3.29. The molecule has 2 nitrogen and oxygen atoms in total. The number of rotatable bonds is 0. The topological polar surface area (TPSA) is 46.2 Å². The molecule has 0 aliphatic carbocycles. The predicted molar refractivity (Wildman–Crippen MR) is 55.0 cm³/mol. The van der Waals surface area contributed by atoms with E-state index >= 15 is 0 Å². The minimum Gasteiger partial charge on any atom is -0.507 e. The molecular weight excluding hydrogens is 186 g/mol. The maximum Gasteiger partial charge on any atom is 0.124 e. The van der Waals surface area contributed by atoms with Crippen molar-refractivity contribution in [3.8, 4) is 5.75 Å². The van der Waals surface area contributed by atoms with Crippen LogP contribution in [-0.2, 0) is 0 Å². The molecule has 0 unspecified atom stereocenters. The molecule has 3 N–H and O–H groups in total. The Morgan fingerprint density at radius 3 is 2.77 bits per heavy atom. The normalized spacial score (nSPS) is 10.5. The number of nitrogen functional groups attached to an aromatic ring is 1. The van der Waals surface area contributed by atoms with E-state index in [1.54, 1.807) is 24.3 Å². The van der Waals surface area contributed by atoms with Crippen molar-refractivity contribution in [2.45, 2.75) is 0 Å². The maximum absolute atomic E-state index is 9.52. The zero-order chi connectivity index (χ0) is 9.42. The lowest BCUT2D eigenvalue weighted by Gasteiger charge is -2.03. The zero-order valence-corrected chi connectivity index (χ0v) is 7.55. The summed E-state index contributed by atoms with van der Waals surface area (Å²) in [4.78, 5) is 0. The minimum absolute atomic E-state index is 0.183. The molecule has 0 saturated heterocycles. The van der Waals surface area contributed by atoms with E-state index in [4.69, 9.17) is 17.3 Å². The van der Waals surface area contributed by atoms with Gasteiger partial charge < -0.3 is 10.8 Å². The van der Waals surface area contributed by atoms with E-state index in [9.17, 15) is 5.11 Å². The van der Waals surface area contributed by atoms with Crippen molar-refractivity contribution in [2.24, 2.45) is 0 Å². The summed E-state index contributed by atoms with van der Waals surface area (Å²) in [6.07, 6.45) is 0. The largest absolute Gasteiger partial charge is 0.507 e. The molecule has 3 heteroatoms. The molecule has 13 heavy (non-hydrogen) atoms. The number of halogens is 1. The van der Waals surface area contributed by atoms with Gasteiger partial charge in [-0.25, -0.2) is 0 Å². The Labute approximate surface area is 80.6 Å². The first kappa shape index (κ1) is 8.20. The second-order valence-electron chi connectivity index (χ2n) is 2.88. The number of phenolic OH excluding ortho intramolecular Hbond substituents is 1. The summed E-state index contributed by atoms with van der Waals surface area (Å²) in [6, 6.07) is 8.62. The van der Waals surface area contributed by atoms with Crippen molar-refractivity contribution in [1.82, 2.24) is 0 Å². The first-order valence-corrected chi connectivity index (χ1v) is 4.23. The Morgan fingerprint density at radius 2 is 2.00 bits per heavy atom. The van der Waals surface area contributed by atoms with Crippen LogP contribution in [0, 0.1) is 0 Å². The van der Waals surface area contributed by atoms with E-state index in [-0.39, 0.29) is 5.75 Å². The highest BCUT2D eigenvalue weighted by Gasteiger charge is 2.04. The molecule has 0 fully saturated rings. The Bertz CT molecular complexity index is 468. The molecule has 2 aromatic carbocycles. The Hall–Kier alpha value is -1.41. The number of fused-ring (bicyclic) bond motifs is 1. The van der Waals surface area contributed by atoms with Crippen LogP contribution < -0.4 is 5.73 Å². The molecule has 0 aromatic heterocycles. The van der Waals surface area contributed by atoms with Gasteiger partial charge in [0.2, 0.25) is 0 Å². The van der Waals surface area contributed by atoms with Gasteiger partial charge in [0.1, 0.15) is 5.75 Å². The van der Waals surface area contributed by atoms with Crippen LogP contribution in [0.25, 0.3) is 10.8 Å². The van der Waals surface area contributed by atoms with Gasteiger partial charge in [0.05, 0.1) is 5.02 Å². The fraction of sp³-hybridized carbons (Fsp3) is 0. The van der Waals surface area contributed by atoms with Crippen molar-refractivity contribution < 1.29 is 5.11 Å². The van der Waals surface area contributed by atoms with Gasteiger partial charge in [-0.2, -0.15) is 0 Å². The molecular formula is C10H8ClNO. The SMILES string of the molecule is Nc1cc(Cl)c2c(O)cccc2c1. The van der Waals surface area contributed by atoms with Crippen LogP contribution in [0.1, 0.15) is 0 Å². The van der Waals surface area contributed by atoms with Gasteiger partial charge in [0, 0.05) is 11.1 Å². The van der Waals surface area contributed by atoms with Gasteiger partial charge in [-0.1, -0.05) is 23.7 Å². The third-order valence-corrected chi connectivity index (χ3v) is 2.23. The van der Waals surface area contributed by atoms with Crippen LogP contribution in [0.3, 0.4) is 0 Å². The fourth-order valence-electron chi connectivity index (χ4n) is 1.38. The number of hydrogen-bond donors (Lipinski definition) is 2. The van der Waals surface area contributed by atoms with E-state index in [0.29, 0.717) is 16.1 Å². The highest BCUT2D eigenvalue weighted by molar-refractivity contribution is 6.36. The second kappa shape index (κ2) is 2.82. The molecule has 0 saturated carbocycles. The molecule has 0 heterocycles. The summed E-state index contributed by atoms with van der Waals surface area (Å²) in [5.41, 5.74) is 6.21. The molecule has 66 valence electrons. The van der Waals surface area contributed by atoms with E-state index in [2.05, 4.69) is 0 Å². The maximum atomic E-state index is 9.52. The van der Waals surface area contributed by atoms with Gasteiger partial charge in [0.25, 0.3) is 0 Å². The lowest BCUT2D eigenvalue weighted by molar-refractivity contribution is 0.481. The van der Waals surface area contributed by atoms with E-state index in [1.807, 2.05) is 6.07 Å². The van der Waals surface area contributed by atoms with Crippen LogP contribution >= 0.6 is 11.6 Å². The smallest absolute Gasteiger partial charge is 0.124 e. The van der Waals surface area contributed by atoms with Gasteiger partial charge in [-0.05, 0) is 23.6 Å². The van der Waals surface area contributed by atoms with Crippen molar-refractivity contribution in [3.63, 3.8) is 0 Å². The summed E-state index contributed by atoms with van der Waals surface area (Å²) in [5, 5.41) is 11.5. The van der Waals surface area contributed by atoms with E-state index in [1.165, 1.54) is 0 Å². The Balaban J connectivity index is 2.94. The molecule has 0 atom stereocenters. The highest BCUT2D eigenvalue weighted by Crippen LogP contribution is 2.32. The summed E-state index contributed by atoms with van der Waals surface area (Å²) in [7, 11) is 0. The fourth-order valence-corrected chi connectivity index (χ4v) is 1.71. The third-order valence-electron chi connectivity index (χ3n) is 1.93. The third kappa shape index (κ3) is 1.29. The Morgan fingerprint density at radius 1 is 1.23 bits per heavy atom. The summed E-state index contributed by atoms with van der Waals surface area (Å²) in [6.45, 7) is 0. The first-order chi connectivity index (χ1) is 6.18. The zero-order valence-electron chi connectivity index (χ0n) is 6.79. The van der Waals surface area contributed by atoms with Gasteiger partial charge in [-0.3, -0.25) is 0 Å². The monoisotopic (exact) mass is 193 g/mol. The van der Waals surface area contributed by atoms with E-state index < -0.39 is 0 Å². The van der Waals surface area contributed by atoms with Crippen LogP contribution in [0.5, 0.6) is 5.75 Å². The van der Waals surface area contributed by atoms with Crippen molar-refractivity contribution in [1.29, 1.82) is 0 Å². The summed E-state index contributed by atoms with van der Waals surface area (Å²) in [5.74, 6) is 0.183. The number of phenols is 1. The first-order valence-electron chi connectivity index (χ1n) is 3.85. The molecule has 0 radical (unpaired) electrons. The number of benzene rings is 2. The molecule has 0 bridgehead atoms. The average molecular weight is 194 g/mol. The van der Waals surface area contributed by atoms with Crippen LogP contribution in [0.2, 0.25) is 5.02 Å². The van der Waals surface area contributed by atoms with Gasteiger partial charge in [0.15, 0.2) is 0 Å². The lowest BCUT2D eigenvalue weighted by Crippen LogP contribution is -1.85. The lowest BCUT2D eigenvalue weighted by atomic mass is 10.1. The molecule has 0 aliphatic rings. The Kier molecular flexibility index (Phi) is 1.78. The highest BCUT2D eigenvalue weighted by atomic mass is 35.5. The minimum atomic E-state index is 0.183. The van der Waals surface area contributed by atoms with Crippen LogP contribution in [-0.4, -0.2) is 5.11 Å². The van der Waals surface area contributed by atoms with Crippen LogP contribution in [0.4, 0.5) is 5.69 Å². The van der Waals surface area contributed by atoms with Crippen molar-refractivity contribution in [3.05, 3.63) is 35.4 Å². The van der Waals surface area contributed by atoms with E-state index in [0.717, 1.165) is 5.39 Å². The van der Waals surface area contributed by atoms with Crippen molar-refractivity contribution >= 4 is 28.1 Å². The predicted octanol–water partition coefficient (Wildman–Crippen LogP) is 2.78. The molecule has 2 rings (SSSR count). The van der Waals surface area contributed by atoms with Crippen molar-refractivity contribution in [2.75, 3.05) is 5.73 Å².